The van der Waals surface area contributed by atoms with Gasteiger partial charge in [-0.25, -0.2) is 0 Å². The molecule has 0 aliphatic heterocycles. The van der Waals surface area contributed by atoms with Crippen molar-refractivity contribution >= 4 is 34.0 Å². The number of carbonyl (C=O) groups is 1. The summed E-state index contributed by atoms with van der Waals surface area (Å²) in [4.78, 5) is 12.5. The highest BCUT2D eigenvalue weighted by Gasteiger charge is 2.38. The van der Waals surface area contributed by atoms with Crippen molar-refractivity contribution in [1.82, 2.24) is 10.2 Å². The fourth-order valence-electron chi connectivity index (χ4n) is 3.00. The zero-order chi connectivity index (χ0) is 16.4. The van der Waals surface area contributed by atoms with Gasteiger partial charge in [0.05, 0.1) is 10.9 Å². The fraction of sp³-hybridized carbons (Fsp3) is 0.438. The van der Waals surface area contributed by atoms with E-state index < -0.39 is 5.54 Å². The normalized spacial score (nSPS) is 24.4. The lowest BCUT2D eigenvalue weighted by atomic mass is 9.74. The van der Waals surface area contributed by atoms with Crippen LogP contribution in [0, 0.1) is 5.92 Å². The van der Waals surface area contributed by atoms with Gasteiger partial charge in [0, 0.05) is 11.1 Å². The van der Waals surface area contributed by atoms with Gasteiger partial charge < -0.3 is 11.1 Å². The van der Waals surface area contributed by atoms with E-state index in [1.807, 2.05) is 25.1 Å². The Labute approximate surface area is 144 Å². The van der Waals surface area contributed by atoms with Crippen LogP contribution in [-0.2, 0) is 4.79 Å². The third-order valence-corrected chi connectivity index (χ3v) is 5.53. The van der Waals surface area contributed by atoms with Crippen LogP contribution in [0.15, 0.2) is 24.3 Å². The van der Waals surface area contributed by atoms with Crippen molar-refractivity contribution in [2.45, 2.75) is 38.1 Å². The molecule has 1 amide bonds. The second kappa shape index (κ2) is 6.55. The topological polar surface area (TPSA) is 80.9 Å². The van der Waals surface area contributed by atoms with Crippen molar-refractivity contribution in [3.63, 3.8) is 0 Å². The second-order valence-corrected chi connectivity index (χ2v) is 7.57. The van der Waals surface area contributed by atoms with Crippen LogP contribution < -0.4 is 11.1 Å². The van der Waals surface area contributed by atoms with Crippen LogP contribution in [0.5, 0.6) is 0 Å². The van der Waals surface area contributed by atoms with Gasteiger partial charge in [0.1, 0.15) is 0 Å². The van der Waals surface area contributed by atoms with E-state index in [9.17, 15) is 4.79 Å². The Kier molecular flexibility index (Phi) is 4.66. The zero-order valence-electron chi connectivity index (χ0n) is 12.9. The predicted octanol–water partition coefficient (Wildman–Crippen LogP) is 3.70. The molecule has 1 aromatic heterocycles. The molecule has 5 nitrogen and oxygen atoms in total. The molecule has 1 fully saturated rings. The van der Waals surface area contributed by atoms with Gasteiger partial charge in [-0.05, 0) is 25.8 Å². The lowest BCUT2D eigenvalue weighted by Crippen LogP contribution is -2.51. The summed E-state index contributed by atoms with van der Waals surface area (Å²) in [5.74, 6) is -0.263. The number of nitrogens with two attached hydrogens (primary N) is 1. The Hall–Kier alpha value is -1.50. The molecular formula is C16H19ClN4OS. The Morgan fingerprint density at radius 2 is 2.17 bits per heavy atom. The largest absolute Gasteiger partial charge is 0.325 e. The van der Waals surface area contributed by atoms with Crippen LogP contribution in [0.3, 0.4) is 0 Å². The molecule has 0 spiro atoms. The minimum atomic E-state index is -0.460. The summed E-state index contributed by atoms with van der Waals surface area (Å²) in [6.07, 6.45) is 3.79. The summed E-state index contributed by atoms with van der Waals surface area (Å²) in [7, 11) is 0. The Bertz CT molecular complexity index is 716. The van der Waals surface area contributed by atoms with E-state index in [0.717, 1.165) is 31.2 Å². The molecule has 122 valence electrons. The third-order valence-electron chi connectivity index (χ3n) is 4.33. The van der Waals surface area contributed by atoms with Crippen LogP contribution in [0.4, 0.5) is 5.13 Å². The van der Waals surface area contributed by atoms with Gasteiger partial charge in [-0.3, -0.25) is 4.79 Å². The maximum absolute atomic E-state index is 12.5. The quantitative estimate of drug-likeness (QED) is 0.884. The van der Waals surface area contributed by atoms with Gasteiger partial charge in [0.15, 0.2) is 5.01 Å². The van der Waals surface area contributed by atoms with E-state index >= 15 is 0 Å². The van der Waals surface area contributed by atoms with Crippen LogP contribution in [-0.4, -0.2) is 21.6 Å². The Morgan fingerprint density at radius 3 is 2.91 bits per heavy atom. The van der Waals surface area contributed by atoms with Gasteiger partial charge in [0.2, 0.25) is 11.0 Å². The summed E-state index contributed by atoms with van der Waals surface area (Å²) in [5, 5.41) is 12.8. The van der Waals surface area contributed by atoms with Gasteiger partial charge in [0.25, 0.3) is 0 Å². The summed E-state index contributed by atoms with van der Waals surface area (Å²) >= 11 is 7.48. The molecular weight excluding hydrogens is 332 g/mol. The minimum absolute atomic E-state index is 0.0726. The highest BCUT2D eigenvalue weighted by atomic mass is 35.5. The number of benzene rings is 1. The number of rotatable bonds is 3. The van der Waals surface area contributed by atoms with Crippen LogP contribution >= 0.6 is 22.9 Å². The summed E-state index contributed by atoms with van der Waals surface area (Å²) in [5.41, 5.74) is 6.64. The molecule has 1 aromatic carbocycles. The number of halogens is 1. The number of hydrogen-bond donors (Lipinski definition) is 2. The zero-order valence-corrected chi connectivity index (χ0v) is 14.5. The number of carbonyl (C=O) groups excluding carboxylic acids is 1. The van der Waals surface area contributed by atoms with Gasteiger partial charge in [-0.2, -0.15) is 0 Å². The van der Waals surface area contributed by atoms with Crippen molar-refractivity contribution in [3.05, 3.63) is 29.3 Å². The second-order valence-electron chi connectivity index (χ2n) is 6.19. The molecule has 3 N–H and O–H groups in total. The SMILES string of the molecule is CC1(N)CCCCC1C(=O)Nc1nnc(-c2ccccc2Cl)s1. The standard InChI is InChI=1S/C16H19ClN4OS/c1-16(18)9-5-4-7-11(16)13(22)19-15-21-20-14(23-15)10-6-2-3-8-12(10)17/h2-3,6,8,11H,4-5,7,9,18H2,1H3,(H,19,21,22). The first-order chi connectivity index (χ1) is 11.0. The molecule has 1 heterocycles. The van der Waals surface area contributed by atoms with Crippen LogP contribution in [0.2, 0.25) is 5.02 Å². The summed E-state index contributed by atoms with van der Waals surface area (Å²) in [6, 6.07) is 7.44. The smallest absolute Gasteiger partial charge is 0.231 e. The molecule has 1 saturated carbocycles. The van der Waals surface area contributed by atoms with E-state index in [0.29, 0.717) is 15.2 Å². The lowest BCUT2D eigenvalue weighted by Gasteiger charge is -2.36. The molecule has 3 rings (SSSR count). The van der Waals surface area contributed by atoms with E-state index in [1.54, 1.807) is 6.07 Å². The fourth-order valence-corrected chi connectivity index (χ4v) is 4.07. The molecule has 1 aliphatic carbocycles. The van der Waals surface area contributed by atoms with Crippen LogP contribution in [0.1, 0.15) is 32.6 Å². The number of nitrogens with one attached hydrogen (secondary N) is 1. The molecule has 1 aliphatic rings. The predicted molar refractivity (Wildman–Crippen MR) is 93.5 cm³/mol. The number of anilines is 1. The maximum Gasteiger partial charge on any atom is 0.231 e. The maximum atomic E-state index is 12.5. The van der Waals surface area contributed by atoms with E-state index in [1.165, 1.54) is 11.3 Å². The van der Waals surface area contributed by atoms with Crippen LogP contribution in [0.25, 0.3) is 10.6 Å². The first-order valence-electron chi connectivity index (χ1n) is 7.65. The molecule has 0 bridgehead atoms. The molecule has 0 saturated heterocycles. The molecule has 2 aromatic rings. The molecule has 2 unspecified atom stereocenters. The van der Waals surface area contributed by atoms with Gasteiger partial charge in [-0.1, -0.05) is 54.0 Å². The van der Waals surface area contributed by atoms with Gasteiger partial charge >= 0.3 is 0 Å². The first-order valence-corrected chi connectivity index (χ1v) is 8.85. The van der Waals surface area contributed by atoms with Crippen molar-refractivity contribution in [3.8, 4) is 10.6 Å². The van der Waals surface area contributed by atoms with E-state index in [-0.39, 0.29) is 11.8 Å². The summed E-state index contributed by atoms with van der Waals surface area (Å²) < 4.78 is 0. The number of nitrogens with zero attached hydrogens (tertiary/aromatic N) is 2. The number of hydrogen-bond acceptors (Lipinski definition) is 5. The minimum Gasteiger partial charge on any atom is -0.325 e. The lowest BCUT2D eigenvalue weighted by molar-refractivity contribution is -0.122. The van der Waals surface area contributed by atoms with Crippen molar-refractivity contribution in [2.75, 3.05) is 5.32 Å². The average molecular weight is 351 g/mol. The Balaban J connectivity index is 1.74. The van der Waals surface area contributed by atoms with Gasteiger partial charge in [-0.15, -0.1) is 10.2 Å². The van der Waals surface area contributed by atoms with Crippen molar-refractivity contribution < 1.29 is 4.79 Å². The number of aromatic nitrogens is 2. The highest BCUT2D eigenvalue weighted by molar-refractivity contribution is 7.18. The third kappa shape index (κ3) is 3.54. The molecule has 2 atom stereocenters. The average Bonchev–Trinajstić information content (AvgIpc) is 2.95. The molecule has 0 radical (unpaired) electrons. The van der Waals surface area contributed by atoms with E-state index in [2.05, 4.69) is 15.5 Å². The number of amides is 1. The van der Waals surface area contributed by atoms with Crippen molar-refractivity contribution in [1.29, 1.82) is 0 Å². The van der Waals surface area contributed by atoms with Crippen molar-refractivity contribution in [2.24, 2.45) is 11.7 Å². The molecule has 23 heavy (non-hydrogen) atoms. The summed E-state index contributed by atoms with van der Waals surface area (Å²) in [6.45, 7) is 1.95. The first kappa shape index (κ1) is 16.4. The monoisotopic (exact) mass is 350 g/mol. The Morgan fingerprint density at radius 1 is 1.39 bits per heavy atom. The highest BCUT2D eigenvalue weighted by Crippen LogP contribution is 2.34. The van der Waals surface area contributed by atoms with E-state index in [4.69, 9.17) is 17.3 Å². The molecule has 7 heteroatoms.